The third-order valence-electron chi connectivity index (χ3n) is 4.34. The molecule has 11 heteroatoms. The van der Waals surface area contributed by atoms with Crippen molar-refractivity contribution in [1.29, 1.82) is 0 Å². The van der Waals surface area contributed by atoms with Crippen molar-refractivity contribution in [2.24, 2.45) is 0 Å². The van der Waals surface area contributed by atoms with E-state index in [9.17, 15) is 23.1 Å². The number of aliphatic hydroxyl groups excluding tert-OH is 1. The Kier molecular flexibility index (Phi) is 6.34. The second-order valence-electron chi connectivity index (χ2n) is 7.94. The van der Waals surface area contributed by atoms with E-state index in [0.29, 0.717) is 23.3 Å². The molecule has 0 saturated carbocycles. The van der Waals surface area contributed by atoms with Gasteiger partial charge in [0.05, 0.1) is 0 Å². The highest BCUT2D eigenvalue weighted by molar-refractivity contribution is 7.14. The molecule has 3 rings (SSSR count). The Morgan fingerprint density at radius 3 is 2.47 bits per heavy atom. The van der Waals surface area contributed by atoms with Gasteiger partial charge in [-0.15, -0.1) is 10.2 Å². The summed E-state index contributed by atoms with van der Waals surface area (Å²) < 4.78 is 48.3. The number of rotatable bonds is 4. The van der Waals surface area contributed by atoms with E-state index in [0.717, 1.165) is 5.56 Å². The number of nitrogens with zero attached hydrogens (tertiary/aromatic N) is 2. The topological polar surface area (TPSA) is 93.6 Å². The fourth-order valence-electron chi connectivity index (χ4n) is 2.96. The predicted octanol–water partition coefficient (Wildman–Crippen LogP) is 3.42. The van der Waals surface area contributed by atoms with Crippen LogP contribution < -0.4 is 5.32 Å². The molecule has 0 radical (unpaired) electrons. The minimum Gasteiger partial charge on any atom is -0.429 e. The Morgan fingerprint density at radius 2 is 1.90 bits per heavy atom. The summed E-state index contributed by atoms with van der Waals surface area (Å²) in [5, 5.41) is 19.5. The highest BCUT2D eigenvalue weighted by Gasteiger charge is 2.38. The maximum absolute atomic E-state index is 12.7. The minimum absolute atomic E-state index is 0.179. The number of aliphatic hydroxyl groups is 1. The molecular formula is C19H22F3N3O4S. The maximum atomic E-state index is 12.7. The molecule has 1 aliphatic heterocycles. The maximum Gasteiger partial charge on any atom is 0.509 e. The first kappa shape index (κ1) is 22.4. The van der Waals surface area contributed by atoms with E-state index in [4.69, 9.17) is 9.47 Å². The predicted molar refractivity (Wildman–Crippen MR) is 103 cm³/mol. The third kappa shape index (κ3) is 5.67. The number of nitrogens with one attached hydrogen (secondary N) is 1. The van der Waals surface area contributed by atoms with Crippen LogP contribution in [0.25, 0.3) is 10.6 Å². The van der Waals surface area contributed by atoms with Crippen molar-refractivity contribution in [2.75, 3.05) is 6.54 Å². The lowest BCUT2D eigenvalue weighted by atomic mass is 10.0. The van der Waals surface area contributed by atoms with E-state index in [1.807, 2.05) is 0 Å². The molecule has 0 amide bonds. The lowest BCUT2D eigenvalue weighted by Gasteiger charge is -2.22. The zero-order valence-electron chi connectivity index (χ0n) is 16.6. The van der Waals surface area contributed by atoms with Crippen molar-refractivity contribution in [2.45, 2.75) is 57.2 Å². The summed E-state index contributed by atoms with van der Waals surface area (Å²) in [5.41, 5.74) is 0.690. The zero-order valence-corrected chi connectivity index (χ0v) is 17.4. The van der Waals surface area contributed by atoms with Crippen LogP contribution in [0.2, 0.25) is 0 Å². The lowest BCUT2D eigenvalue weighted by Crippen LogP contribution is -2.37. The third-order valence-corrected chi connectivity index (χ3v) is 5.35. The fourth-order valence-corrected chi connectivity index (χ4v) is 3.68. The smallest absolute Gasteiger partial charge is 0.429 e. The van der Waals surface area contributed by atoms with Gasteiger partial charge in [-0.2, -0.15) is 13.2 Å². The van der Waals surface area contributed by atoms with Crippen LogP contribution >= 0.6 is 11.3 Å². The first-order chi connectivity index (χ1) is 13.9. The van der Waals surface area contributed by atoms with Gasteiger partial charge in [0.15, 0.2) is 0 Å². The number of alkyl halides is 3. The second kappa shape index (κ2) is 8.48. The molecule has 1 aromatic carbocycles. The summed E-state index contributed by atoms with van der Waals surface area (Å²) in [5.74, 6) is 0. The van der Waals surface area contributed by atoms with E-state index in [2.05, 4.69) is 15.5 Å². The van der Waals surface area contributed by atoms with Crippen LogP contribution in [0.1, 0.15) is 31.3 Å². The summed E-state index contributed by atoms with van der Waals surface area (Å²) in [7, 11) is 0. The normalized spacial score (nSPS) is 22.2. The van der Waals surface area contributed by atoms with Gasteiger partial charge in [0.2, 0.25) is 5.01 Å². The Balaban J connectivity index is 1.58. The molecule has 3 atom stereocenters. The van der Waals surface area contributed by atoms with Crippen molar-refractivity contribution in [3.8, 4) is 10.6 Å². The van der Waals surface area contributed by atoms with Gasteiger partial charge < -0.3 is 19.9 Å². The highest BCUT2D eigenvalue weighted by Crippen LogP contribution is 2.34. The van der Waals surface area contributed by atoms with Gasteiger partial charge in [-0.1, -0.05) is 35.6 Å². The Morgan fingerprint density at radius 1 is 1.23 bits per heavy atom. The molecule has 0 bridgehead atoms. The zero-order chi connectivity index (χ0) is 22.1. The molecule has 30 heavy (non-hydrogen) atoms. The van der Waals surface area contributed by atoms with Gasteiger partial charge in [0, 0.05) is 18.2 Å². The van der Waals surface area contributed by atoms with E-state index in [1.54, 1.807) is 45.0 Å². The quantitative estimate of drug-likeness (QED) is 0.697. The molecule has 2 N–H and O–H groups in total. The van der Waals surface area contributed by atoms with Crippen molar-refractivity contribution in [1.82, 2.24) is 15.5 Å². The monoisotopic (exact) mass is 445 g/mol. The Hall–Kier alpha value is -2.24. The van der Waals surface area contributed by atoms with Crippen molar-refractivity contribution in [3.63, 3.8) is 0 Å². The molecule has 2 heterocycles. The number of ether oxygens (including phenoxy) is 2. The van der Waals surface area contributed by atoms with Crippen molar-refractivity contribution in [3.05, 3.63) is 34.8 Å². The highest BCUT2D eigenvalue weighted by atomic mass is 32.1. The number of halogens is 3. The summed E-state index contributed by atoms with van der Waals surface area (Å²) in [4.78, 5) is 11.8. The average Bonchev–Trinajstić information content (AvgIpc) is 3.24. The molecule has 0 spiro atoms. The van der Waals surface area contributed by atoms with Crippen LogP contribution in [0.15, 0.2) is 24.3 Å². The molecule has 1 aliphatic rings. The SMILES string of the molecule is CC(C)(C)OC(=O)O[C@H]1CN[C@H](Cc2ccc(-c3nnc(C(F)(F)F)s3)cc2)[C@@H]1O. The summed E-state index contributed by atoms with van der Waals surface area (Å²) >= 11 is 0.482. The first-order valence-electron chi connectivity index (χ1n) is 9.23. The van der Waals surface area contributed by atoms with E-state index >= 15 is 0 Å². The van der Waals surface area contributed by atoms with Gasteiger partial charge >= 0.3 is 12.3 Å². The van der Waals surface area contributed by atoms with Crippen LogP contribution in [-0.2, 0) is 22.1 Å². The van der Waals surface area contributed by atoms with Crippen molar-refractivity contribution < 1.29 is 32.5 Å². The van der Waals surface area contributed by atoms with Crippen LogP contribution in [0.5, 0.6) is 0 Å². The molecule has 164 valence electrons. The van der Waals surface area contributed by atoms with Crippen LogP contribution in [-0.4, -0.2) is 51.9 Å². The minimum atomic E-state index is -4.52. The number of hydrogen-bond acceptors (Lipinski definition) is 8. The van der Waals surface area contributed by atoms with Crippen LogP contribution in [0, 0.1) is 0 Å². The number of carbonyl (C=O) groups is 1. The van der Waals surface area contributed by atoms with Crippen LogP contribution in [0.3, 0.4) is 0 Å². The first-order valence-corrected chi connectivity index (χ1v) is 10.0. The Labute approximate surface area is 175 Å². The summed E-state index contributed by atoms with van der Waals surface area (Å²) in [6.07, 6.45) is -6.56. The molecule has 1 aromatic heterocycles. The van der Waals surface area contributed by atoms with Gasteiger partial charge in [0.25, 0.3) is 0 Å². The van der Waals surface area contributed by atoms with Gasteiger partial charge in [0.1, 0.15) is 22.8 Å². The number of hydrogen-bond donors (Lipinski definition) is 2. The molecule has 0 unspecified atom stereocenters. The summed E-state index contributed by atoms with van der Waals surface area (Å²) in [6, 6.07) is 6.47. The van der Waals surface area contributed by atoms with Crippen molar-refractivity contribution >= 4 is 17.5 Å². The molecule has 1 saturated heterocycles. The fraction of sp³-hybridized carbons (Fsp3) is 0.526. The molecule has 2 aromatic rings. The molecule has 1 fully saturated rings. The Bertz CT molecular complexity index is 880. The molecular weight excluding hydrogens is 423 g/mol. The second-order valence-corrected chi connectivity index (χ2v) is 8.91. The standard InChI is InChI=1S/C19H22F3N3O4S/c1-18(2,3)29-17(27)28-13-9-23-12(14(13)26)8-10-4-6-11(7-5-10)15-24-25-16(30-15)19(20,21)22/h4-7,12-14,23,26H,8-9H2,1-3H3/t12-,13+,14+/m1/s1. The number of aromatic nitrogens is 2. The lowest BCUT2D eigenvalue weighted by molar-refractivity contribution is -0.138. The molecule has 7 nitrogen and oxygen atoms in total. The molecule has 0 aliphatic carbocycles. The van der Waals surface area contributed by atoms with Gasteiger partial charge in [-0.25, -0.2) is 4.79 Å². The number of benzene rings is 1. The van der Waals surface area contributed by atoms with E-state index in [1.165, 1.54) is 0 Å². The van der Waals surface area contributed by atoms with E-state index < -0.39 is 35.1 Å². The van der Waals surface area contributed by atoms with Crippen LogP contribution in [0.4, 0.5) is 18.0 Å². The van der Waals surface area contributed by atoms with Gasteiger partial charge in [-0.05, 0) is 32.8 Å². The van der Waals surface area contributed by atoms with E-state index in [-0.39, 0.29) is 17.6 Å². The number of carbonyl (C=O) groups excluding carboxylic acids is 1. The largest absolute Gasteiger partial charge is 0.509 e. The van der Waals surface area contributed by atoms with Gasteiger partial charge in [-0.3, -0.25) is 0 Å². The average molecular weight is 445 g/mol. The summed E-state index contributed by atoms with van der Waals surface area (Å²) in [6.45, 7) is 5.44.